The van der Waals surface area contributed by atoms with Gasteiger partial charge in [-0.15, -0.1) is 0 Å². The number of hydrogen-bond acceptors (Lipinski definition) is 3. The van der Waals surface area contributed by atoms with Crippen LogP contribution in [0.5, 0.6) is 0 Å². The second kappa shape index (κ2) is 5.09. The van der Waals surface area contributed by atoms with Gasteiger partial charge in [-0.3, -0.25) is 9.48 Å². The number of anilines is 2. The number of benzene rings is 1. The van der Waals surface area contributed by atoms with Crippen molar-refractivity contribution in [1.82, 2.24) is 9.78 Å². The number of aromatic nitrogens is 2. The first-order chi connectivity index (χ1) is 8.97. The van der Waals surface area contributed by atoms with Crippen LogP contribution < -0.4 is 10.2 Å². The Bertz CT molecular complexity index is 606. The molecule has 1 aromatic carbocycles. The zero-order valence-corrected chi connectivity index (χ0v) is 11.0. The fourth-order valence-electron chi connectivity index (χ4n) is 1.68. The second-order valence-electron chi connectivity index (χ2n) is 4.39. The minimum atomic E-state index is -0.432. The van der Waals surface area contributed by atoms with Crippen molar-refractivity contribution in [2.75, 3.05) is 24.3 Å². The topological polar surface area (TPSA) is 50.2 Å². The molecule has 0 unspecified atom stereocenters. The van der Waals surface area contributed by atoms with Crippen molar-refractivity contribution in [2.24, 2.45) is 7.05 Å². The fraction of sp³-hybridized carbons (Fsp3) is 0.231. The predicted molar refractivity (Wildman–Crippen MR) is 71.9 cm³/mol. The third kappa shape index (κ3) is 2.90. The molecule has 0 saturated heterocycles. The van der Waals surface area contributed by atoms with Crippen LogP contribution in [0.25, 0.3) is 0 Å². The van der Waals surface area contributed by atoms with E-state index in [4.69, 9.17) is 0 Å². The molecule has 0 saturated carbocycles. The predicted octanol–water partition coefficient (Wildman–Crippen LogP) is 1.88. The minimum Gasteiger partial charge on any atom is -0.375 e. The summed E-state index contributed by atoms with van der Waals surface area (Å²) in [6.45, 7) is 0. The molecule has 0 atom stereocenters. The summed E-state index contributed by atoms with van der Waals surface area (Å²) >= 11 is 0. The molecule has 1 N–H and O–H groups in total. The lowest BCUT2D eigenvalue weighted by Gasteiger charge is -2.13. The zero-order valence-electron chi connectivity index (χ0n) is 11.0. The Labute approximate surface area is 110 Å². The lowest BCUT2D eigenvalue weighted by atomic mass is 10.1. The molecule has 2 rings (SSSR count). The van der Waals surface area contributed by atoms with Crippen molar-refractivity contribution < 1.29 is 9.18 Å². The van der Waals surface area contributed by atoms with Crippen LogP contribution in [-0.4, -0.2) is 29.8 Å². The van der Waals surface area contributed by atoms with E-state index >= 15 is 0 Å². The van der Waals surface area contributed by atoms with Crippen LogP contribution in [-0.2, 0) is 7.05 Å². The summed E-state index contributed by atoms with van der Waals surface area (Å²) in [4.78, 5) is 13.6. The van der Waals surface area contributed by atoms with Gasteiger partial charge in [0, 0.05) is 39.0 Å². The van der Waals surface area contributed by atoms with Gasteiger partial charge in [-0.2, -0.15) is 5.10 Å². The lowest BCUT2D eigenvalue weighted by molar-refractivity contribution is 0.102. The second-order valence-corrected chi connectivity index (χ2v) is 4.39. The molecule has 6 heteroatoms. The molecule has 1 heterocycles. The van der Waals surface area contributed by atoms with Crippen LogP contribution in [0.3, 0.4) is 0 Å². The molecule has 0 radical (unpaired) electrons. The number of carbonyl (C=O) groups excluding carboxylic acids is 1. The van der Waals surface area contributed by atoms with Crippen LogP contribution in [0, 0.1) is 5.82 Å². The largest absolute Gasteiger partial charge is 0.375 e. The molecule has 100 valence electrons. The van der Waals surface area contributed by atoms with Gasteiger partial charge < -0.3 is 10.2 Å². The van der Waals surface area contributed by atoms with Crippen molar-refractivity contribution in [3.8, 4) is 0 Å². The quantitative estimate of drug-likeness (QED) is 0.918. The minimum absolute atomic E-state index is 0.258. The summed E-state index contributed by atoms with van der Waals surface area (Å²) in [7, 11) is 5.24. The number of nitrogens with zero attached hydrogens (tertiary/aromatic N) is 3. The van der Waals surface area contributed by atoms with Gasteiger partial charge in [0.2, 0.25) is 0 Å². The maximum atomic E-state index is 13.8. The van der Waals surface area contributed by atoms with E-state index in [1.807, 2.05) is 0 Å². The normalized spacial score (nSPS) is 10.3. The summed E-state index contributed by atoms with van der Waals surface area (Å²) < 4.78 is 15.3. The molecular formula is C13H15FN4O. The highest BCUT2D eigenvalue weighted by atomic mass is 19.1. The smallest absolute Gasteiger partial charge is 0.256 e. The van der Waals surface area contributed by atoms with E-state index in [2.05, 4.69) is 10.4 Å². The van der Waals surface area contributed by atoms with Crippen molar-refractivity contribution in [3.63, 3.8) is 0 Å². The van der Waals surface area contributed by atoms with Crippen molar-refractivity contribution in [3.05, 3.63) is 41.8 Å². The number of amides is 1. The maximum Gasteiger partial charge on any atom is 0.256 e. The summed E-state index contributed by atoms with van der Waals surface area (Å²) in [5.74, 6) is -0.383. The molecule has 2 aromatic rings. The molecule has 0 aliphatic carbocycles. The molecule has 0 spiro atoms. The Morgan fingerprint density at radius 3 is 2.63 bits per heavy atom. The van der Waals surface area contributed by atoms with Crippen molar-refractivity contribution >= 4 is 17.4 Å². The molecule has 0 aliphatic rings. The number of rotatable bonds is 3. The van der Waals surface area contributed by atoms with Gasteiger partial charge in [0.15, 0.2) is 5.82 Å². The molecule has 1 amide bonds. The van der Waals surface area contributed by atoms with Gasteiger partial charge in [0.05, 0.1) is 5.69 Å². The molecule has 1 aromatic heterocycles. The molecular weight excluding hydrogens is 247 g/mol. The SMILES string of the molecule is CN(C)c1ccc(C(=O)Nc2ccn(C)n2)cc1F. The Balaban J connectivity index is 2.18. The molecule has 0 bridgehead atoms. The highest BCUT2D eigenvalue weighted by Crippen LogP contribution is 2.18. The maximum absolute atomic E-state index is 13.8. The van der Waals surface area contributed by atoms with Gasteiger partial charge in [-0.1, -0.05) is 0 Å². The van der Waals surface area contributed by atoms with Gasteiger partial charge in [-0.05, 0) is 18.2 Å². The summed E-state index contributed by atoms with van der Waals surface area (Å²) in [6.07, 6.45) is 1.71. The van der Waals surface area contributed by atoms with E-state index in [-0.39, 0.29) is 11.5 Å². The van der Waals surface area contributed by atoms with Gasteiger partial charge >= 0.3 is 0 Å². The molecule has 19 heavy (non-hydrogen) atoms. The highest BCUT2D eigenvalue weighted by molar-refractivity contribution is 6.03. The first kappa shape index (κ1) is 13.1. The summed E-state index contributed by atoms with van der Waals surface area (Å²) in [5, 5.41) is 6.63. The van der Waals surface area contributed by atoms with Gasteiger partial charge in [0.1, 0.15) is 5.82 Å². The summed E-state index contributed by atoms with van der Waals surface area (Å²) in [6, 6.07) is 6.04. The van der Waals surface area contributed by atoms with E-state index in [0.717, 1.165) is 0 Å². The Kier molecular flexibility index (Phi) is 3.50. The summed E-state index contributed by atoms with van der Waals surface area (Å²) in [5.41, 5.74) is 0.697. The number of hydrogen-bond donors (Lipinski definition) is 1. The van der Waals surface area contributed by atoms with Crippen LogP contribution in [0.1, 0.15) is 10.4 Å². The van der Waals surface area contributed by atoms with Gasteiger partial charge in [-0.25, -0.2) is 4.39 Å². The van der Waals surface area contributed by atoms with E-state index in [1.54, 1.807) is 55.1 Å². The Hall–Kier alpha value is -2.37. The molecule has 0 aliphatic heterocycles. The van der Waals surface area contributed by atoms with E-state index in [1.165, 1.54) is 6.07 Å². The van der Waals surface area contributed by atoms with E-state index in [0.29, 0.717) is 11.5 Å². The molecule has 0 fully saturated rings. The first-order valence-electron chi connectivity index (χ1n) is 5.75. The fourth-order valence-corrected chi connectivity index (χ4v) is 1.68. The average molecular weight is 262 g/mol. The Morgan fingerprint density at radius 2 is 2.11 bits per heavy atom. The van der Waals surface area contributed by atoms with E-state index < -0.39 is 5.82 Å². The number of halogens is 1. The van der Waals surface area contributed by atoms with Crippen LogP contribution in [0.2, 0.25) is 0 Å². The lowest BCUT2D eigenvalue weighted by Crippen LogP contribution is -2.15. The number of aryl methyl sites for hydroxylation is 1. The number of carbonyl (C=O) groups is 1. The first-order valence-corrected chi connectivity index (χ1v) is 5.75. The van der Waals surface area contributed by atoms with Crippen molar-refractivity contribution in [1.29, 1.82) is 0 Å². The third-order valence-electron chi connectivity index (χ3n) is 2.65. The average Bonchev–Trinajstić information content (AvgIpc) is 2.74. The Morgan fingerprint density at radius 1 is 1.37 bits per heavy atom. The van der Waals surface area contributed by atoms with Crippen LogP contribution in [0.15, 0.2) is 30.5 Å². The third-order valence-corrected chi connectivity index (χ3v) is 2.65. The van der Waals surface area contributed by atoms with Gasteiger partial charge in [0.25, 0.3) is 5.91 Å². The standard InChI is InChI=1S/C13H15FN4O/c1-17(2)11-5-4-9(8-10(11)14)13(19)15-12-6-7-18(3)16-12/h4-8H,1-3H3,(H,15,16,19). The highest BCUT2D eigenvalue weighted by Gasteiger charge is 2.11. The van der Waals surface area contributed by atoms with E-state index in [9.17, 15) is 9.18 Å². The zero-order chi connectivity index (χ0) is 14.0. The van der Waals surface area contributed by atoms with Crippen LogP contribution in [0.4, 0.5) is 15.9 Å². The monoisotopic (exact) mass is 262 g/mol. The number of nitrogens with one attached hydrogen (secondary N) is 1. The van der Waals surface area contributed by atoms with Crippen molar-refractivity contribution in [2.45, 2.75) is 0 Å². The van der Waals surface area contributed by atoms with Crippen LogP contribution >= 0.6 is 0 Å². The molecule has 5 nitrogen and oxygen atoms in total.